The molecule has 0 spiro atoms. The highest BCUT2D eigenvalue weighted by Crippen LogP contribution is 2.30. The highest BCUT2D eigenvalue weighted by molar-refractivity contribution is 5.97. The van der Waals surface area contributed by atoms with Gasteiger partial charge in [-0.2, -0.15) is 0 Å². The number of hydrogen-bond donors (Lipinski definition) is 0. The topological polar surface area (TPSA) is 17.1 Å². The molecule has 0 saturated heterocycles. The summed E-state index contributed by atoms with van der Waals surface area (Å²) < 4.78 is 0. The van der Waals surface area contributed by atoms with E-state index in [-0.39, 0.29) is 5.92 Å². The van der Waals surface area contributed by atoms with Gasteiger partial charge in [0.1, 0.15) is 0 Å². The predicted octanol–water partition coefficient (Wildman–Crippen LogP) is 6.08. The Morgan fingerprint density at radius 3 is 1.86 bits per heavy atom. The van der Waals surface area contributed by atoms with E-state index >= 15 is 0 Å². The Hall–Kier alpha value is -1.63. The number of carbonyl (C=O) groups excluding carboxylic acids is 1. The third kappa shape index (κ3) is 8.29. The maximum Gasteiger partial charge on any atom is 0.165 e. The maximum atomic E-state index is 12.1. The first-order valence-electron chi connectivity index (χ1n) is 7.84. The Morgan fingerprint density at radius 1 is 1.00 bits per heavy atom. The van der Waals surface area contributed by atoms with Crippen molar-refractivity contribution in [2.45, 2.75) is 46.5 Å². The van der Waals surface area contributed by atoms with Crippen molar-refractivity contribution in [3.05, 3.63) is 61.2 Å². The summed E-state index contributed by atoms with van der Waals surface area (Å²) in [7, 11) is 0. The minimum Gasteiger partial charge on any atom is -0.294 e. The molecule has 116 valence electrons. The Bertz CT molecular complexity index is 391. The van der Waals surface area contributed by atoms with Gasteiger partial charge in [0, 0.05) is 11.5 Å². The molecule has 1 aromatic rings. The summed E-state index contributed by atoms with van der Waals surface area (Å²) in [5.41, 5.74) is 0.886. The zero-order chi connectivity index (χ0) is 16.1. The van der Waals surface area contributed by atoms with E-state index < -0.39 is 0 Å². The van der Waals surface area contributed by atoms with Gasteiger partial charge in [0.25, 0.3) is 0 Å². The molecule has 0 atom stereocenters. The van der Waals surface area contributed by atoms with E-state index in [0.29, 0.717) is 5.78 Å². The van der Waals surface area contributed by atoms with Crippen LogP contribution in [0.15, 0.2) is 55.6 Å². The summed E-state index contributed by atoms with van der Waals surface area (Å²) >= 11 is 0. The molecule has 21 heavy (non-hydrogen) atoms. The highest BCUT2D eigenvalue weighted by Gasteiger charge is 2.24. The maximum absolute atomic E-state index is 12.1. The molecule has 0 bridgehead atoms. The van der Waals surface area contributed by atoms with Crippen molar-refractivity contribution in [2.24, 2.45) is 11.8 Å². The van der Waals surface area contributed by atoms with Gasteiger partial charge in [-0.25, -0.2) is 0 Å². The minimum absolute atomic E-state index is 0.281. The third-order valence-electron chi connectivity index (χ3n) is 3.44. The molecule has 0 amide bonds. The molecule has 0 unspecified atom stereocenters. The van der Waals surface area contributed by atoms with Crippen molar-refractivity contribution in [2.75, 3.05) is 0 Å². The third-order valence-corrected chi connectivity index (χ3v) is 3.44. The number of ketones is 1. The van der Waals surface area contributed by atoms with Gasteiger partial charge in [-0.3, -0.25) is 4.79 Å². The van der Waals surface area contributed by atoms with E-state index in [1.807, 2.05) is 44.2 Å². The number of benzene rings is 1. The lowest BCUT2D eigenvalue weighted by molar-refractivity contribution is 0.0875. The monoisotopic (exact) mass is 286 g/mol. The first kappa shape index (κ1) is 19.4. The van der Waals surface area contributed by atoms with Gasteiger partial charge in [-0.05, 0) is 32.6 Å². The van der Waals surface area contributed by atoms with Gasteiger partial charge < -0.3 is 0 Å². The quantitative estimate of drug-likeness (QED) is 0.475. The number of rotatable bonds is 2. The van der Waals surface area contributed by atoms with Crippen LogP contribution in [0.25, 0.3) is 0 Å². The van der Waals surface area contributed by atoms with Gasteiger partial charge in [0.15, 0.2) is 5.78 Å². The molecular formula is C20H30O. The molecule has 1 aromatic carbocycles. The normalized spacial score (nSPS) is 20.0. The van der Waals surface area contributed by atoms with Crippen LogP contribution in [0.1, 0.15) is 56.8 Å². The molecule has 0 N–H and O–H groups in total. The largest absolute Gasteiger partial charge is 0.294 e. The molecule has 0 aliphatic heterocycles. The Labute approximate surface area is 130 Å². The first-order valence-corrected chi connectivity index (χ1v) is 7.84. The van der Waals surface area contributed by atoms with Crippen molar-refractivity contribution in [1.82, 2.24) is 0 Å². The Morgan fingerprint density at radius 2 is 1.43 bits per heavy atom. The molecule has 1 heteroatoms. The average molecular weight is 286 g/mol. The second-order valence-corrected chi connectivity index (χ2v) is 5.50. The fourth-order valence-corrected chi connectivity index (χ4v) is 2.36. The lowest BCUT2D eigenvalue weighted by Gasteiger charge is -2.24. The molecule has 1 aliphatic carbocycles. The highest BCUT2D eigenvalue weighted by atomic mass is 16.1. The first-order chi connectivity index (χ1) is 10.1. The Balaban J connectivity index is 0.000000578. The zero-order valence-corrected chi connectivity index (χ0v) is 13.8. The van der Waals surface area contributed by atoms with Crippen LogP contribution in [0.2, 0.25) is 0 Å². The summed E-state index contributed by atoms with van der Waals surface area (Å²) in [6.45, 7) is 12.8. The summed E-state index contributed by atoms with van der Waals surface area (Å²) in [6, 6.07) is 9.71. The van der Waals surface area contributed by atoms with Crippen LogP contribution in [0, 0.1) is 11.8 Å². The van der Waals surface area contributed by atoms with E-state index in [2.05, 4.69) is 20.1 Å². The molecule has 1 saturated carbocycles. The summed E-state index contributed by atoms with van der Waals surface area (Å²) in [5, 5.41) is 0. The molecule has 1 aliphatic rings. The van der Waals surface area contributed by atoms with Crippen LogP contribution >= 0.6 is 0 Å². The number of hydrogen-bond acceptors (Lipinski definition) is 1. The van der Waals surface area contributed by atoms with Gasteiger partial charge in [-0.15, -0.1) is 13.2 Å². The molecule has 1 fully saturated rings. The van der Waals surface area contributed by atoms with Gasteiger partial charge in [0.05, 0.1) is 0 Å². The van der Waals surface area contributed by atoms with Crippen LogP contribution in [-0.2, 0) is 0 Å². The second kappa shape index (κ2) is 12.1. The smallest absolute Gasteiger partial charge is 0.165 e. The summed E-state index contributed by atoms with van der Waals surface area (Å²) in [5.74, 6) is 1.44. The van der Waals surface area contributed by atoms with Gasteiger partial charge in [-0.1, -0.05) is 62.2 Å². The predicted molar refractivity (Wildman–Crippen MR) is 93.6 cm³/mol. The van der Waals surface area contributed by atoms with Crippen LogP contribution in [0.4, 0.5) is 0 Å². The lowest BCUT2D eigenvalue weighted by Crippen LogP contribution is -2.20. The SMILES string of the molecule is C=CC.C=CC.CC1CCC(C(=O)c2ccccc2)CC1. The molecule has 0 heterocycles. The van der Waals surface area contributed by atoms with Crippen molar-refractivity contribution >= 4 is 5.78 Å². The van der Waals surface area contributed by atoms with E-state index in [9.17, 15) is 4.79 Å². The lowest BCUT2D eigenvalue weighted by atomic mass is 9.79. The van der Waals surface area contributed by atoms with Crippen molar-refractivity contribution in [3.63, 3.8) is 0 Å². The van der Waals surface area contributed by atoms with Crippen LogP contribution in [0.5, 0.6) is 0 Å². The summed E-state index contributed by atoms with van der Waals surface area (Å²) in [4.78, 5) is 12.1. The van der Waals surface area contributed by atoms with E-state index in [1.165, 1.54) is 12.8 Å². The minimum atomic E-state index is 0.281. The van der Waals surface area contributed by atoms with E-state index in [0.717, 1.165) is 24.3 Å². The van der Waals surface area contributed by atoms with E-state index in [1.54, 1.807) is 12.2 Å². The molecule has 1 nitrogen and oxygen atoms in total. The Kier molecular flexibility index (Phi) is 11.2. The fourth-order valence-electron chi connectivity index (χ4n) is 2.36. The molecular weight excluding hydrogens is 256 g/mol. The molecule has 2 rings (SSSR count). The molecule has 0 aromatic heterocycles. The second-order valence-electron chi connectivity index (χ2n) is 5.50. The summed E-state index contributed by atoms with van der Waals surface area (Å²) in [6.07, 6.45) is 8.08. The standard InChI is InChI=1S/C14H18O.2C3H6/c1-11-7-9-13(10-8-11)14(15)12-5-3-2-4-6-12;2*1-3-2/h2-6,11,13H,7-10H2,1H3;2*3H,1H2,2H3. The number of allylic oxidation sites excluding steroid dienone is 2. The van der Waals surface area contributed by atoms with Crippen molar-refractivity contribution < 1.29 is 4.79 Å². The van der Waals surface area contributed by atoms with E-state index in [4.69, 9.17) is 0 Å². The van der Waals surface area contributed by atoms with Gasteiger partial charge in [0.2, 0.25) is 0 Å². The van der Waals surface area contributed by atoms with Crippen LogP contribution in [0.3, 0.4) is 0 Å². The average Bonchev–Trinajstić information content (AvgIpc) is 2.50. The van der Waals surface area contributed by atoms with Crippen molar-refractivity contribution in [1.29, 1.82) is 0 Å². The molecule has 0 radical (unpaired) electrons. The zero-order valence-electron chi connectivity index (χ0n) is 13.8. The van der Waals surface area contributed by atoms with Crippen LogP contribution < -0.4 is 0 Å². The van der Waals surface area contributed by atoms with Crippen molar-refractivity contribution in [3.8, 4) is 0 Å². The number of carbonyl (C=O) groups is 1. The fraction of sp³-hybridized carbons (Fsp3) is 0.450. The number of Topliss-reactive ketones (excluding diaryl/α,β-unsaturated/α-hetero) is 1. The van der Waals surface area contributed by atoms with Crippen LogP contribution in [-0.4, -0.2) is 5.78 Å². The van der Waals surface area contributed by atoms with Gasteiger partial charge >= 0.3 is 0 Å².